The Balaban J connectivity index is 2.99. The fourth-order valence-electron chi connectivity index (χ4n) is 3.32. The van der Waals surface area contributed by atoms with Crippen LogP contribution in [0.5, 0.6) is 0 Å². The van der Waals surface area contributed by atoms with Crippen LogP contribution in [-0.2, 0) is 4.74 Å². The fourth-order valence-corrected chi connectivity index (χ4v) is 3.32. The second-order valence-corrected chi connectivity index (χ2v) is 7.75. The number of hydrogen-bond acceptors (Lipinski definition) is 1. The van der Waals surface area contributed by atoms with Crippen LogP contribution in [0.4, 0.5) is 0 Å². The summed E-state index contributed by atoms with van der Waals surface area (Å²) >= 11 is 0. The fraction of sp³-hybridized carbons (Fsp3) is 0.917. The molecule has 0 fully saturated rings. The molecule has 150 valence electrons. The van der Waals surface area contributed by atoms with Crippen molar-refractivity contribution < 1.29 is 4.74 Å². The van der Waals surface area contributed by atoms with Crippen LogP contribution in [0.3, 0.4) is 0 Å². The van der Waals surface area contributed by atoms with Gasteiger partial charge in [0.1, 0.15) is 0 Å². The Labute approximate surface area is 160 Å². The van der Waals surface area contributed by atoms with Crippen LogP contribution in [-0.4, -0.2) is 6.61 Å². The Kier molecular flexibility index (Phi) is 21.2. The van der Waals surface area contributed by atoms with E-state index >= 15 is 0 Å². The van der Waals surface area contributed by atoms with E-state index in [0.717, 1.165) is 18.8 Å². The van der Waals surface area contributed by atoms with E-state index in [1.165, 1.54) is 116 Å². The summed E-state index contributed by atoms with van der Waals surface area (Å²) in [5, 5.41) is 0. The molecule has 0 saturated carbocycles. The molecule has 0 aromatic rings. The molecule has 0 saturated heterocycles. The summed E-state index contributed by atoms with van der Waals surface area (Å²) in [6, 6.07) is 0. The third kappa shape index (κ3) is 21.5. The van der Waals surface area contributed by atoms with E-state index in [-0.39, 0.29) is 0 Å². The van der Waals surface area contributed by atoms with Crippen molar-refractivity contribution in [2.45, 2.75) is 136 Å². The van der Waals surface area contributed by atoms with Gasteiger partial charge >= 0.3 is 0 Å². The predicted octanol–water partition coefficient (Wildman–Crippen LogP) is 8.97. The monoisotopic (exact) mass is 352 g/mol. The summed E-state index contributed by atoms with van der Waals surface area (Å²) in [5.41, 5.74) is 0. The van der Waals surface area contributed by atoms with Gasteiger partial charge in [-0.1, -0.05) is 130 Å². The molecule has 1 heteroatoms. The van der Waals surface area contributed by atoms with E-state index in [2.05, 4.69) is 20.4 Å². The van der Waals surface area contributed by atoms with Crippen LogP contribution in [0.15, 0.2) is 12.3 Å². The van der Waals surface area contributed by atoms with Crippen LogP contribution in [0.25, 0.3) is 0 Å². The average molecular weight is 353 g/mol. The van der Waals surface area contributed by atoms with Gasteiger partial charge < -0.3 is 4.74 Å². The Morgan fingerprint density at radius 1 is 0.520 bits per heavy atom. The molecular weight excluding hydrogens is 304 g/mol. The predicted molar refractivity (Wildman–Crippen MR) is 114 cm³/mol. The lowest BCUT2D eigenvalue weighted by molar-refractivity contribution is 0.199. The first-order valence-electron chi connectivity index (χ1n) is 11.6. The van der Waals surface area contributed by atoms with Crippen molar-refractivity contribution in [3.63, 3.8) is 0 Å². The minimum atomic E-state index is 0.866. The van der Waals surface area contributed by atoms with E-state index in [9.17, 15) is 0 Å². The first kappa shape index (κ1) is 24.5. The van der Waals surface area contributed by atoms with E-state index in [4.69, 9.17) is 4.74 Å². The lowest BCUT2D eigenvalue weighted by Crippen LogP contribution is -1.93. The van der Waals surface area contributed by atoms with Gasteiger partial charge in [-0.2, -0.15) is 0 Å². The summed E-state index contributed by atoms with van der Waals surface area (Å²) < 4.78 is 5.53. The van der Waals surface area contributed by atoms with Gasteiger partial charge in [-0.15, -0.1) is 0 Å². The highest BCUT2D eigenvalue weighted by molar-refractivity contribution is 4.79. The van der Waals surface area contributed by atoms with Crippen LogP contribution in [0.1, 0.15) is 136 Å². The molecule has 0 aliphatic carbocycles. The van der Waals surface area contributed by atoms with Crippen molar-refractivity contribution >= 4 is 0 Å². The lowest BCUT2D eigenvalue weighted by Gasteiger charge is -2.06. The minimum absolute atomic E-state index is 0.866. The molecule has 0 spiro atoms. The second-order valence-electron chi connectivity index (χ2n) is 7.75. The summed E-state index contributed by atoms with van der Waals surface area (Å²) in [6.07, 6.45) is 26.6. The standard InChI is InChI=1S/C24H48O/c1-4-6-7-8-9-10-11-12-13-14-15-16-17-18-19-20-21-22-23-25-24(3)5-2/h3-23H2,1-2H3. The molecule has 1 nitrogen and oxygen atoms in total. The molecule has 0 unspecified atom stereocenters. The summed E-state index contributed by atoms with van der Waals surface area (Å²) in [4.78, 5) is 0. The third-order valence-electron chi connectivity index (χ3n) is 5.20. The van der Waals surface area contributed by atoms with Gasteiger partial charge in [-0.05, 0) is 6.42 Å². The number of allylic oxidation sites excluding steroid dienone is 1. The van der Waals surface area contributed by atoms with E-state index < -0.39 is 0 Å². The molecule has 0 N–H and O–H groups in total. The molecule has 0 amide bonds. The maximum atomic E-state index is 5.53. The molecule has 0 aliphatic rings. The van der Waals surface area contributed by atoms with Crippen molar-refractivity contribution in [3.8, 4) is 0 Å². The van der Waals surface area contributed by atoms with Crippen molar-refractivity contribution in [2.75, 3.05) is 6.61 Å². The molecule has 0 radical (unpaired) electrons. The van der Waals surface area contributed by atoms with Crippen LogP contribution in [0, 0.1) is 0 Å². The minimum Gasteiger partial charge on any atom is -0.499 e. The Morgan fingerprint density at radius 2 is 0.840 bits per heavy atom. The molecule has 0 atom stereocenters. The second kappa shape index (κ2) is 21.6. The molecule has 0 aliphatic heterocycles. The summed E-state index contributed by atoms with van der Waals surface area (Å²) in [5.74, 6) is 0.937. The molecule has 0 rings (SSSR count). The maximum Gasteiger partial charge on any atom is 0.0885 e. The smallest absolute Gasteiger partial charge is 0.0885 e. The number of rotatable bonds is 21. The zero-order valence-electron chi connectivity index (χ0n) is 17.8. The lowest BCUT2D eigenvalue weighted by atomic mass is 10.0. The van der Waals surface area contributed by atoms with E-state index in [0.29, 0.717) is 0 Å². The average Bonchev–Trinajstić information content (AvgIpc) is 2.63. The third-order valence-corrected chi connectivity index (χ3v) is 5.20. The topological polar surface area (TPSA) is 9.23 Å². The largest absolute Gasteiger partial charge is 0.499 e. The van der Waals surface area contributed by atoms with E-state index in [1.54, 1.807) is 0 Å². The number of hydrogen-bond donors (Lipinski definition) is 0. The van der Waals surface area contributed by atoms with Gasteiger partial charge in [0.2, 0.25) is 0 Å². The first-order chi connectivity index (χ1) is 12.3. The molecule has 0 heterocycles. The van der Waals surface area contributed by atoms with Gasteiger partial charge in [-0.3, -0.25) is 0 Å². The molecule has 0 aromatic heterocycles. The van der Waals surface area contributed by atoms with Gasteiger partial charge in [0, 0.05) is 6.42 Å². The summed E-state index contributed by atoms with van der Waals surface area (Å²) in [6.45, 7) is 9.12. The Morgan fingerprint density at radius 3 is 1.16 bits per heavy atom. The van der Waals surface area contributed by atoms with Gasteiger partial charge in [0.25, 0.3) is 0 Å². The highest BCUT2D eigenvalue weighted by Gasteiger charge is 1.95. The number of ether oxygens (including phenoxy) is 1. The maximum absolute atomic E-state index is 5.53. The van der Waals surface area contributed by atoms with Crippen molar-refractivity contribution in [1.82, 2.24) is 0 Å². The summed E-state index contributed by atoms with van der Waals surface area (Å²) in [7, 11) is 0. The molecule has 0 bridgehead atoms. The Bertz CT molecular complexity index is 259. The van der Waals surface area contributed by atoms with Crippen molar-refractivity contribution in [1.29, 1.82) is 0 Å². The SMILES string of the molecule is C=C(CC)OCCCCCCCCCCCCCCCCCCCC. The zero-order valence-corrected chi connectivity index (χ0v) is 17.8. The van der Waals surface area contributed by atoms with Gasteiger partial charge in [0.05, 0.1) is 12.4 Å². The van der Waals surface area contributed by atoms with Gasteiger partial charge in [-0.25, -0.2) is 0 Å². The molecular formula is C24H48O. The number of unbranched alkanes of at least 4 members (excludes halogenated alkanes) is 17. The molecule has 25 heavy (non-hydrogen) atoms. The van der Waals surface area contributed by atoms with Crippen LogP contribution < -0.4 is 0 Å². The van der Waals surface area contributed by atoms with Crippen LogP contribution >= 0.6 is 0 Å². The van der Waals surface area contributed by atoms with Gasteiger partial charge in [0.15, 0.2) is 0 Å². The normalized spacial score (nSPS) is 11.0. The quantitative estimate of drug-likeness (QED) is 0.148. The first-order valence-corrected chi connectivity index (χ1v) is 11.6. The van der Waals surface area contributed by atoms with Crippen molar-refractivity contribution in [2.24, 2.45) is 0 Å². The van der Waals surface area contributed by atoms with Crippen LogP contribution in [0.2, 0.25) is 0 Å². The Hall–Kier alpha value is -0.460. The zero-order chi connectivity index (χ0) is 18.4. The van der Waals surface area contributed by atoms with E-state index in [1.807, 2.05) is 0 Å². The highest BCUT2D eigenvalue weighted by atomic mass is 16.5. The van der Waals surface area contributed by atoms with Crippen molar-refractivity contribution in [3.05, 3.63) is 12.3 Å². The molecule has 0 aromatic carbocycles. The highest BCUT2D eigenvalue weighted by Crippen LogP contribution is 2.14.